The summed E-state index contributed by atoms with van der Waals surface area (Å²) >= 11 is 0. The highest BCUT2D eigenvalue weighted by molar-refractivity contribution is 6.09. The number of ether oxygens (including phenoxy) is 1. The van der Waals surface area contributed by atoms with E-state index in [4.69, 9.17) is 4.74 Å². The fourth-order valence-electron chi connectivity index (χ4n) is 3.31. The van der Waals surface area contributed by atoms with Crippen LogP contribution in [-0.2, 0) is 0 Å². The molecule has 0 bridgehead atoms. The van der Waals surface area contributed by atoms with Gasteiger partial charge >= 0.3 is 0 Å². The minimum absolute atomic E-state index is 0.112. The first-order chi connectivity index (χ1) is 13.2. The number of quaternary nitrogens is 2. The molecule has 3 rings (SSSR count). The van der Waals surface area contributed by atoms with E-state index in [1.807, 2.05) is 0 Å². The number of pyridine rings is 1. The molecule has 0 saturated heterocycles. The number of nitro benzene ring substituents is 1. The molecule has 1 aromatic heterocycles. The van der Waals surface area contributed by atoms with Crippen LogP contribution >= 0.6 is 0 Å². The predicted molar refractivity (Wildman–Crippen MR) is 106 cm³/mol. The number of hydroxylamine groups is 4. The largest absolute Gasteiger partial charge is 0.633 e. The molecule has 2 aromatic carbocycles. The van der Waals surface area contributed by atoms with Gasteiger partial charge in [0.05, 0.1) is 50.1 Å². The molecule has 0 radical (unpaired) electrons. The third-order valence-corrected chi connectivity index (χ3v) is 4.57. The maximum absolute atomic E-state index is 13.1. The molecule has 0 fully saturated rings. The van der Waals surface area contributed by atoms with E-state index in [1.165, 1.54) is 33.3 Å². The quantitative estimate of drug-likeness (QED) is 0.288. The monoisotopic (exact) mass is 386 g/mol. The summed E-state index contributed by atoms with van der Waals surface area (Å²) in [4.78, 5) is 15.7. The lowest BCUT2D eigenvalue weighted by molar-refractivity contribution is -0.846. The number of non-ortho nitro benzene ring substituents is 1. The van der Waals surface area contributed by atoms with Crippen LogP contribution in [0.4, 0.5) is 11.4 Å². The molecule has 0 aliphatic rings. The van der Waals surface area contributed by atoms with Crippen LogP contribution < -0.4 is 9.80 Å². The topological polar surface area (TPSA) is 116 Å². The van der Waals surface area contributed by atoms with E-state index in [9.17, 15) is 20.5 Å². The first-order valence-corrected chi connectivity index (χ1v) is 8.84. The Morgan fingerprint density at radius 1 is 1.21 bits per heavy atom. The normalized spacial score (nSPS) is 13.0. The van der Waals surface area contributed by atoms with Gasteiger partial charge in [-0.1, -0.05) is 12.1 Å². The Balaban J connectivity index is 2.25. The Hall–Kier alpha value is -2.85. The summed E-state index contributed by atoms with van der Waals surface area (Å²) in [6, 6.07) is 9.83. The number of methoxy groups -OCH3 is 1. The standard InChI is InChI=1S/C19H22N4O5/c1-23(2,27)12-6-11-21(24)19-13-7-4-5-8-14(13)20-18-16(28-3)10-9-15(17(18)19)22(25)26/h4-5,7-10,21H,6,11-12H2,1-3H3. The zero-order valence-corrected chi connectivity index (χ0v) is 16.0. The molecule has 1 unspecified atom stereocenters. The Labute approximate surface area is 161 Å². The Bertz CT molecular complexity index is 1030. The molecule has 0 spiro atoms. The summed E-state index contributed by atoms with van der Waals surface area (Å²) in [7, 11) is 4.47. The maximum Gasteiger partial charge on any atom is 0.285 e. The summed E-state index contributed by atoms with van der Waals surface area (Å²) in [5.41, 5.74) is 0.885. The lowest BCUT2D eigenvalue weighted by Crippen LogP contribution is -3.02. The third-order valence-electron chi connectivity index (χ3n) is 4.57. The fraction of sp³-hybridized carbons (Fsp3) is 0.316. The number of para-hydroxylation sites is 1. The van der Waals surface area contributed by atoms with Crippen LogP contribution in [0.25, 0.3) is 21.8 Å². The summed E-state index contributed by atoms with van der Waals surface area (Å²) in [5, 5.41) is 37.0. The highest BCUT2D eigenvalue weighted by Gasteiger charge is 2.26. The molecule has 0 amide bonds. The summed E-state index contributed by atoms with van der Waals surface area (Å²) in [6.07, 6.45) is 0.380. The average Bonchev–Trinajstić information content (AvgIpc) is 2.63. The number of hydrogen-bond acceptors (Lipinski definition) is 6. The van der Waals surface area contributed by atoms with E-state index >= 15 is 0 Å². The van der Waals surface area contributed by atoms with Crippen molar-refractivity contribution in [2.75, 3.05) is 34.3 Å². The van der Waals surface area contributed by atoms with Crippen molar-refractivity contribution in [1.82, 2.24) is 4.98 Å². The van der Waals surface area contributed by atoms with Crippen LogP contribution in [0, 0.1) is 20.5 Å². The van der Waals surface area contributed by atoms with Crippen LogP contribution in [0.2, 0.25) is 0 Å². The van der Waals surface area contributed by atoms with Crippen LogP contribution in [0.3, 0.4) is 0 Å². The van der Waals surface area contributed by atoms with Crippen molar-refractivity contribution in [3.8, 4) is 5.75 Å². The van der Waals surface area contributed by atoms with E-state index in [2.05, 4.69) is 4.98 Å². The van der Waals surface area contributed by atoms with E-state index in [0.29, 0.717) is 23.1 Å². The van der Waals surface area contributed by atoms with Crippen molar-refractivity contribution in [3.05, 3.63) is 56.9 Å². The first kappa shape index (κ1) is 19.9. The molecule has 1 atom stereocenters. The van der Waals surface area contributed by atoms with Crippen molar-refractivity contribution in [1.29, 1.82) is 0 Å². The summed E-state index contributed by atoms with van der Waals surface area (Å²) in [6.45, 7) is 0.388. The van der Waals surface area contributed by atoms with Gasteiger partial charge in [0.15, 0.2) is 5.69 Å². The van der Waals surface area contributed by atoms with Gasteiger partial charge in [0, 0.05) is 12.5 Å². The molecule has 0 aliphatic heterocycles. The van der Waals surface area contributed by atoms with Crippen molar-refractivity contribution in [2.24, 2.45) is 0 Å². The lowest BCUT2D eigenvalue weighted by atomic mass is 10.0. The molecule has 0 aliphatic carbocycles. The Morgan fingerprint density at radius 2 is 1.93 bits per heavy atom. The van der Waals surface area contributed by atoms with E-state index < -0.39 is 9.57 Å². The minimum Gasteiger partial charge on any atom is -0.633 e. The molecule has 148 valence electrons. The van der Waals surface area contributed by atoms with E-state index in [1.54, 1.807) is 24.3 Å². The summed E-state index contributed by atoms with van der Waals surface area (Å²) < 4.78 is 4.83. The van der Waals surface area contributed by atoms with E-state index in [-0.39, 0.29) is 40.4 Å². The van der Waals surface area contributed by atoms with Crippen molar-refractivity contribution in [2.45, 2.75) is 6.42 Å². The van der Waals surface area contributed by atoms with Crippen molar-refractivity contribution in [3.63, 3.8) is 0 Å². The molecule has 9 nitrogen and oxygen atoms in total. The van der Waals surface area contributed by atoms with Crippen molar-refractivity contribution < 1.29 is 19.4 Å². The van der Waals surface area contributed by atoms with Gasteiger partial charge in [0.1, 0.15) is 16.7 Å². The number of nitrogens with one attached hydrogen (secondary N) is 1. The third kappa shape index (κ3) is 3.87. The zero-order chi connectivity index (χ0) is 20.5. The van der Waals surface area contributed by atoms with Gasteiger partial charge in [-0.3, -0.25) is 10.1 Å². The number of aromatic nitrogens is 1. The lowest BCUT2D eigenvalue weighted by Gasteiger charge is -2.34. The van der Waals surface area contributed by atoms with Gasteiger partial charge < -0.3 is 24.9 Å². The number of nitrogens with zero attached hydrogens (tertiary/aromatic N) is 3. The predicted octanol–water partition coefficient (Wildman–Crippen LogP) is 2.28. The van der Waals surface area contributed by atoms with Crippen LogP contribution in [0.1, 0.15) is 6.42 Å². The second kappa shape index (κ2) is 7.64. The maximum atomic E-state index is 13.1. The molecule has 3 aromatic rings. The van der Waals surface area contributed by atoms with Gasteiger partial charge in [-0.25, -0.2) is 4.98 Å². The molecule has 0 saturated carbocycles. The molecule has 1 heterocycles. The Morgan fingerprint density at radius 3 is 2.57 bits per heavy atom. The molecular formula is C19H22N4O5. The highest BCUT2D eigenvalue weighted by atomic mass is 16.6. The molecule has 1 N–H and O–H groups in total. The second-order valence-electron chi connectivity index (χ2n) is 7.10. The zero-order valence-electron chi connectivity index (χ0n) is 16.0. The van der Waals surface area contributed by atoms with Gasteiger partial charge in [-0.05, 0) is 18.2 Å². The minimum atomic E-state index is -0.521. The first-order valence-electron chi connectivity index (χ1n) is 8.84. The van der Waals surface area contributed by atoms with Gasteiger partial charge in [-0.2, -0.15) is 0 Å². The van der Waals surface area contributed by atoms with Gasteiger partial charge in [-0.15, -0.1) is 0 Å². The van der Waals surface area contributed by atoms with E-state index in [0.717, 1.165) is 0 Å². The molecule has 28 heavy (non-hydrogen) atoms. The van der Waals surface area contributed by atoms with Gasteiger partial charge in [0.2, 0.25) is 0 Å². The number of hydrogen-bond donors (Lipinski definition) is 1. The smallest absolute Gasteiger partial charge is 0.285 e. The van der Waals surface area contributed by atoms with Crippen LogP contribution in [-0.4, -0.2) is 48.8 Å². The summed E-state index contributed by atoms with van der Waals surface area (Å²) in [5.74, 6) is 0.359. The number of rotatable bonds is 7. The number of nitro groups is 1. The van der Waals surface area contributed by atoms with Gasteiger partial charge in [0.25, 0.3) is 5.69 Å². The average molecular weight is 386 g/mol. The Kier molecular flexibility index (Phi) is 5.43. The number of fused-ring (bicyclic) bond motifs is 2. The highest BCUT2D eigenvalue weighted by Crippen LogP contribution is 2.38. The SMILES string of the molecule is COc1ccc([N+](=O)[O-])c2c([NH+]([O-])CCC[N+](C)(C)[O-])c3ccccc3nc12. The van der Waals surface area contributed by atoms with Crippen LogP contribution in [0.5, 0.6) is 5.75 Å². The molecule has 9 heteroatoms. The number of benzene rings is 2. The second-order valence-corrected chi connectivity index (χ2v) is 7.10. The fourth-order valence-corrected chi connectivity index (χ4v) is 3.31. The van der Waals surface area contributed by atoms with Crippen molar-refractivity contribution >= 4 is 33.2 Å². The van der Waals surface area contributed by atoms with Crippen LogP contribution in [0.15, 0.2) is 36.4 Å². The molecular weight excluding hydrogens is 364 g/mol.